The highest BCUT2D eigenvalue weighted by atomic mass is 16.5. The second-order valence-corrected chi connectivity index (χ2v) is 5.16. The minimum absolute atomic E-state index is 0.307. The van der Waals surface area contributed by atoms with E-state index in [2.05, 4.69) is 10.3 Å². The molecule has 1 aliphatic rings. The van der Waals surface area contributed by atoms with Crippen molar-refractivity contribution in [2.24, 2.45) is 5.92 Å². The van der Waals surface area contributed by atoms with Crippen molar-refractivity contribution in [1.82, 2.24) is 10.3 Å². The number of hydrogen-bond donors (Lipinski definition) is 1. The Balaban J connectivity index is 1.98. The Morgan fingerprint density at radius 1 is 1.44 bits per heavy atom. The highest BCUT2D eigenvalue weighted by Crippen LogP contribution is 2.32. The number of pyridine rings is 1. The summed E-state index contributed by atoms with van der Waals surface area (Å²) in [5.41, 5.74) is 1.04. The van der Waals surface area contributed by atoms with Gasteiger partial charge in [0, 0.05) is 6.20 Å². The summed E-state index contributed by atoms with van der Waals surface area (Å²) in [5.74, 6) is 1.82. The van der Waals surface area contributed by atoms with E-state index in [-0.39, 0.29) is 0 Å². The summed E-state index contributed by atoms with van der Waals surface area (Å²) in [4.78, 5) is 4.48. The summed E-state index contributed by atoms with van der Waals surface area (Å²) < 4.78 is 5.40. The third-order valence-corrected chi connectivity index (χ3v) is 4.04. The van der Waals surface area contributed by atoms with Crippen molar-refractivity contribution < 1.29 is 4.74 Å². The van der Waals surface area contributed by atoms with E-state index in [0.717, 1.165) is 23.8 Å². The van der Waals surface area contributed by atoms with E-state index in [1.54, 1.807) is 7.11 Å². The first-order valence-electron chi connectivity index (χ1n) is 7.01. The molecule has 0 amide bonds. The second kappa shape index (κ2) is 6.74. The van der Waals surface area contributed by atoms with Gasteiger partial charge in [0.2, 0.25) is 0 Å². The lowest BCUT2D eigenvalue weighted by atomic mass is 9.96. The van der Waals surface area contributed by atoms with Gasteiger partial charge in [-0.3, -0.25) is 4.98 Å². The molecule has 1 unspecified atom stereocenters. The Hall–Kier alpha value is -1.09. The van der Waals surface area contributed by atoms with Gasteiger partial charge in [-0.1, -0.05) is 25.7 Å². The highest BCUT2D eigenvalue weighted by molar-refractivity contribution is 5.29. The van der Waals surface area contributed by atoms with E-state index in [0.29, 0.717) is 6.04 Å². The van der Waals surface area contributed by atoms with E-state index in [1.165, 1.54) is 32.1 Å². The first-order valence-corrected chi connectivity index (χ1v) is 7.01. The molecule has 3 heteroatoms. The number of nitrogens with one attached hydrogen (secondary N) is 1. The molecule has 0 spiro atoms. The van der Waals surface area contributed by atoms with Crippen LogP contribution in [0.15, 0.2) is 18.3 Å². The topological polar surface area (TPSA) is 34.2 Å². The zero-order valence-electron chi connectivity index (χ0n) is 11.5. The molecular formula is C15H24N2O. The summed E-state index contributed by atoms with van der Waals surface area (Å²) >= 11 is 0. The average Bonchev–Trinajstić information content (AvgIpc) is 2.93. The molecule has 0 aromatic carbocycles. The monoisotopic (exact) mass is 248 g/mol. The SMILES string of the molecule is CNC(CCC1CCCC1)c1ncccc1OC. The predicted octanol–water partition coefficient (Wildman–Crippen LogP) is 3.32. The molecule has 0 bridgehead atoms. The van der Waals surface area contributed by atoms with Gasteiger partial charge in [-0.25, -0.2) is 0 Å². The van der Waals surface area contributed by atoms with E-state index >= 15 is 0 Å². The maximum atomic E-state index is 5.40. The number of hydrogen-bond acceptors (Lipinski definition) is 3. The van der Waals surface area contributed by atoms with Crippen molar-refractivity contribution >= 4 is 0 Å². The molecule has 18 heavy (non-hydrogen) atoms. The lowest BCUT2D eigenvalue weighted by Gasteiger charge is -2.19. The molecule has 2 rings (SSSR count). The standard InChI is InChI=1S/C15H24N2O/c1-16-13(10-9-12-6-3-4-7-12)15-14(18-2)8-5-11-17-15/h5,8,11-13,16H,3-4,6-7,9-10H2,1-2H3. The van der Waals surface area contributed by atoms with Gasteiger partial charge in [0.05, 0.1) is 18.8 Å². The molecule has 1 heterocycles. The molecule has 1 saturated carbocycles. The average molecular weight is 248 g/mol. The van der Waals surface area contributed by atoms with Gasteiger partial charge in [0.25, 0.3) is 0 Å². The third-order valence-electron chi connectivity index (χ3n) is 4.04. The van der Waals surface area contributed by atoms with Crippen molar-refractivity contribution in [2.45, 2.75) is 44.6 Å². The number of ether oxygens (including phenoxy) is 1. The smallest absolute Gasteiger partial charge is 0.141 e. The number of nitrogens with zero attached hydrogens (tertiary/aromatic N) is 1. The molecule has 1 atom stereocenters. The summed E-state index contributed by atoms with van der Waals surface area (Å²) in [7, 11) is 3.72. The third kappa shape index (κ3) is 3.22. The van der Waals surface area contributed by atoms with Crippen LogP contribution in [0.3, 0.4) is 0 Å². The minimum Gasteiger partial charge on any atom is -0.495 e. The van der Waals surface area contributed by atoms with Crippen LogP contribution >= 0.6 is 0 Å². The number of methoxy groups -OCH3 is 1. The van der Waals surface area contributed by atoms with Crippen molar-refractivity contribution in [3.05, 3.63) is 24.0 Å². The fourth-order valence-corrected chi connectivity index (χ4v) is 2.96. The van der Waals surface area contributed by atoms with Crippen LogP contribution in [0.4, 0.5) is 0 Å². The van der Waals surface area contributed by atoms with Gasteiger partial charge in [0.1, 0.15) is 5.75 Å². The first-order chi connectivity index (χ1) is 8.85. The van der Waals surface area contributed by atoms with Crippen molar-refractivity contribution in [3.8, 4) is 5.75 Å². The lowest BCUT2D eigenvalue weighted by Crippen LogP contribution is -2.19. The van der Waals surface area contributed by atoms with Gasteiger partial charge in [0.15, 0.2) is 0 Å². The predicted molar refractivity (Wildman–Crippen MR) is 73.8 cm³/mol. The Kier molecular flexibility index (Phi) is 5.00. The van der Waals surface area contributed by atoms with Crippen LogP contribution in [0.2, 0.25) is 0 Å². The van der Waals surface area contributed by atoms with E-state index in [1.807, 2.05) is 25.4 Å². The molecule has 0 aliphatic heterocycles. The Morgan fingerprint density at radius 2 is 2.22 bits per heavy atom. The van der Waals surface area contributed by atoms with Crippen LogP contribution in [0.1, 0.15) is 50.3 Å². The molecule has 1 aromatic rings. The first kappa shape index (κ1) is 13.3. The number of aromatic nitrogens is 1. The Labute approximate surface area is 110 Å². The van der Waals surface area contributed by atoms with Crippen LogP contribution in [0, 0.1) is 5.92 Å². The fourth-order valence-electron chi connectivity index (χ4n) is 2.96. The zero-order chi connectivity index (χ0) is 12.8. The van der Waals surface area contributed by atoms with Crippen LogP contribution in [-0.4, -0.2) is 19.1 Å². The molecule has 1 fully saturated rings. The van der Waals surface area contributed by atoms with E-state index < -0.39 is 0 Å². The highest BCUT2D eigenvalue weighted by Gasteiger charge is 2.20. The van der Waals surface area contributed by atoms with Crippen molar-refractivity contribution in [3.63, 3.8) is 0 Å². The second-order valence-electron chi connectivity index (χ2n) is 5.16. The molecule has 3 nitrogen and oxygen atoms in total. The summed E-state index contributed by atoms with van der Waals surface area (Å²) in [6.45, 7) is 0. The van der Waals surface area contributed by atoms with Crippen LogP contribution in [0.5, 0.6) is 5.75 Å². The maximum Gasteiger partial charge on any atom is 0.141 e. The lowest BCUT2D eigenvalue weighted by molar-refractivity contribution is 0.380. The number of rotatable bonds is 6. The molecular weight excluding hydrogens is 224 g/mol. The van der Waals surface area contributed by atoms with Crippen LogP contribution in [-0.2, 0) is 0 Å². The van der Waals surface area contributed by atoms with E-state index in [4.69, 9.17) is 4.74 Å². The van der Waals surface area contributed by atoms with Gasteiger partial charge in [-0.05, 0) is 37.9 Å². The molecule has 1 N–H and O–H groups in total. The molecule has 1 aromatic heterocycles. The van der Waals surface area contributed by atoms with Gasteiger partial charge < -0.3 is 10.1 Å². The maximum absolute atomic E-state index is 5.40. The van der Waals surface area contributed by atoms with Crippen molar-refractivity contribution in [2.75, 3.05) is 14.2 Å². The quantitative estimate of drug-likeness (QED) is 0.838. The summed E-state index contributed by atoms with van der Waals surface area (Å²) in [6.07, 6.45) is 9.95. The molecule has 100 valence electrons. The molecule has 0 saturated heterocycles. The van der Waals surface area contributed by atoms with Gasteiger partial charge in [-0.2, -0.15) is 0 Å². The molecule has 0 radical (unpaired) electrons. The van der Waals surface area contributed by atoms with E-state index in [9.17, 15) is 0 Å². The van der Waals surface area contributed by atoms with Gasteiger partial charge in [-0.15, -0.1) is 0 Å². The Bertz CT molecular complexity index is 361. The zero-order valence-corrected chi connectivity index (χ0v) is 11.5. The summed E-state index contributed by atoms with van der Waals surface area (Å²) in [5, 5.41) is 3.37. The fraction of sp³-hybridized carbons (Fsp3) is 0.667. The largest absolute Gasteiger partial charge is 0.495 e. The molecule has 1 aliphatic carbocycles. The van der Waals surface area contributed by atoms with Crippen LogP contribution < -0.4 is 10.1 Å². The minimum atomic E-state index is 0.307. The summed E-state index contributed by atoms with van der Waals surface area (Å²) in [6, 6.07) is 4.22. The van der Waals surface area contributed by atoms with Gasteiger partial charge >= 0.3 is 0 Å². The van der Waals surface area contributed by atoms with Crippen LogP contribution in [0.25, 0.3) is 0 Å². The normalized spacial score (nSPS) is 17.9. The Morgan fingerprint density at radius 3 is 2.89 bits per heavy atom. The van der Waals surface area contributed by atoms with Crippen molar-refractivity contribution in [1.29, 1.82) is 0 Å².